The molecule has 0 bridgehead atoms. The number of esters is 1. The molecule has 0 fully saturated rings. The summed E-state index contributed by atoms with van der Waals surface area (Å²) >= 11 is 6.05. The van der Waals surface area contributed by atoms with Crippen molar-refractivity contribution < 1.29 is 23.9 Å². The molecule has 0 saturated carbocycles. The molecule has 1 aliphatic heterocycles. The number of nitrogens with one attached hydrogen (secondary N) is 1. The van der Waals surface area contributed by atoms with Crippen LogP contribution in [0, 0.1) is 0 Å². The van der Waals surface area contributed by atoms with Gasteiger partial charge in [-0.15, -0.1) is 0 Å². The lowest BCUT2D eigenvalue weighted by atomic mass is 9.83. The molecule has 0 radical (unpaired) electrons. The minimum Gasteiger partial charge on any atom is -0.457 e. The van der Waals surface area contributed by atoms with Crippen LogP contribution < -0.4 is 5.32 Å². The zero-order valence-electron chi connectivity index (χ0n) is 20.5. The molecule has 0 saturated heterocycles. The Hall–Kier alpha value is -3.32. The van der Waals surface area contributed by atoms with Crippen LogP contribution in [0.5, 0.6) is 0 Å². The van der Waals surface area contributed by atoms with Gasteiger partial charge in [0.15, 0.2) is 0 Å². The smallest absolute Gasteiger partial charge is 0.407 e. The van der Waals surface area contributed by atoms with E-state index in [-0.39, 0.29) is 32.0 Å². The van der Waals surface area contributed by atoms with E-state index < -0.39 is 23.6 Å². The predicted molar refractivity (Wildman–Crippen MR) is 134 cm³/mol. The van der Waals surface area contributed by atoms with Crippen LogP contribution in [0.4, 0.5) is 4.79 Å². The van der Waals surface area contributed by atoms with Crippen LogP contribution in [0.25, 0.3) is 0 Å². The van der Waals surface area contributed by atoms with Gasteiger partial charge < -0.3 is 19.7 Å². The Morgan fingerprint density at radius 2 is 1.74 bits per heavy atom. The summed E-state index contributed by atoms with van der Waals surface area (Å²) in [7, 11) is 0. The van der Waals surface area contributed by atoms with Gasteiger partial charge in [0.25, 0.3) is 0 Å². The number of benzene rings is 2. The van der Waals surface area contributed by atoms with Gasteiger partial charge in [-0.1, -0.05) is 54.1 Å². The van der Waals surface area contributed by atoms with E-state index >= 15 is 0 Å². The van der Waals surface area contributed by atoms with E-state index in [9.17, 15) is 14.4 Å². The Balaban J connectivity index is 1.82. The zero-order chi connectivity index (χ0) is 25.6. The number of hydrogen-bond donors (Lipinski definition) is 1. The normalized spacial score (nSPS) is 16.2. The van der Waals surface area contributed by atoms with Gasteiger partial charge >= 0.3 is 12.1 Å². The van der Waals surface area contributed by atoms with Crippen LogP contribution in [0.15, 0.2) is 65.9 Å². The van der Waals surface area contributed by atoms with Gasteiger partial charge in [0.1, 0.15) is 12.2 Å². The number of carbonyl (C=O) groups excluding carboxylic acids is 3. The van der Waals surface area contributed by atoms with Crippen molar-refractivity contribution in [1.82, 2.24) is 10.2 Å². The molecule has 1 N–H and O–H groups in total. The van der Waals surface area contributed by atoms with Gasteiger partial charge in [0.05, 0.1) is 5.57 Å². The van der Waals surface area contributed by atoms with E-state index in [4.69, 9.17) is 21.1 Å². The standard InChI is InChI=1S/C27H31ClN2O5/c1-18-24(25(32)34-17-19-8-6-5-7-9-19)22(20-10-12-21(28)13-11-20)16-23(31)30(18)15-14-29-26(33)35-27(2,3)4/h5-13,22H,14-17H2,1-4H3,(H,29,33). The molecule has 0 spiro atoms. The van der Waals surface area contributed by atoms with Crippen molar-refractivity contribution in [3.8, 4) is 0 Å². The summed E-state index contributed by atoms with van der Waals surface area (Å²) in [6.45, 7) is 7.56. The van der Waals surface area contributed by atoms with Gasteiger partial charge in [0, 0.05) is 36.1 Å². The van der Waals surface area contributed by atoms with Crippen molar-refractivity contribution in [3.05, 3.63) is 82.0 Å². The first-order chi connectivity index (χ1) is 16.5. The second-order valence-electron chi connectivity index (χ2n) is 9.34. The molecule has 1 aliphatic rings. The fourth-order valence-corrected chi connectivity index (χ4v) is 4.04. The topological polar surface area (TPSA) is 84.9 Å². The third-order valence-corrected chi connectivity index (χ3v) is 5.78. The third-order valence-electron chi connectivity index (χ3n) is 5.53. The lowest BCUT2D eigenvalue weighted by molar-refractivity contribution is -0.141. The minimum atomic E-state index is -0.623. The largest absolute Gasteiger partial charge is 0.457 e. The molecule has 1 heterocycles. The number of carbonyl (C=O) groups is 3. The molecule has 8 heteroatoms. The van der Waals surface area contributed by atoms with Crippen LogP contribution in [0.3, 0.4) is 0 Å². The van der Waals surface area contributed by atoms with Crippen molar-refractivity contribution in [2.45, 2.75) is 52.2 Å². The lowest BCUT2D eigenvalue weighted by Crippen LogP contribution is -2.43. The number of nitrogens with zero attached hydrogens (tertiary/aromatic N) is 1. The molecular formula is C27H31ClN2O5. The van der Waals surface area contributed by atoms with Crippen LogP contribution >= 0.6 is 11.6 Å². The Morgan fingerprint density at radius 1 is 1.09 bits per heavy atom. The van der Waals surface area contributed by atoms with E-state index in [1.165, 1.54) is 4.90 Å². The highest BCUT2D eigenvalue weighted by Crippen LogP contribution is 2.37. The minimum absolute atomic E-state index is 0.0984. The Kier molecular flexibility index (Phi) is 8.57. The number of amides is 2. The molecule has 1 unspecified atom stereocenters. The molecule has 3 rings (SSSR count). The summed E-state index contributed by atoms with van der Waals surface area (Å²) in [6, 6.07) is 16.5. The molecule has 2 aromatic carbocycles. The van der Waals surface area contributed by atoms with Crippen LogP contribution in [0.2, 0.25) is 5.02 Å². The van der Waals surface area contributed by atoms with Crippen molar-refractivity contribution in [3.63, 3.8) is 0 Å². The fourth-order valence-electron chi connectivity index (χ4n) is 3.92. The molecule has 186 valence electrons. The first-order valence-corrected chi connectivity index (χ1v) is 11.9. The molecule has 35 heavy (non-hydrogen) atoms. The highest BCUT2D eigenvalue weighted by Gasteiger charge is 2.37. The molecule has 1 atom stereocenters. The number of allylic oxidation sites excluding steroid dienone is 1. The maximum absolute atomic E-state index is 13.3. The summed E-state index contributed by atoms with van der Waals surface area (Å²) in [5.41, 5.74) is 1.97. The maximum atomic E-state index is 13.3. The van der Waals surface area contributed by atoms with E-state index in [1.807, 2.05) is 42.5 Å². The summed E-state index contributed by atoms with van der Waals surface area (Å²) < 4.78 is 10.9. The zero-order valence-corrected chi connectivity index (χ0v) is 21.2. The van der Waals surface area contributed by atoms with Crippen LogP contribution in [-0.2, 0) is 25.7 Å². The molecule has 0 aromatic heterocycles. The Morgan fingerprint density at radius 3 is 2.37 bits per heavy atom. The van der Waals surface area contributed by atoms with Crippen molar-refractivity contribution >= 4 is 29.6 Å². The average molecular weight is 499 g/mol. The quantitative estimate of drug-likeness (QED) is 0.530. The van der Waals surface area contributed by atoms with Crippen LogP contribution in [-0.4, -0.2) is 41.6 Å². The predicted octanol–water partition coefficient (Wildman–Crippen LogP) is 5.20. The highest BCUT2D eigenvalue weighted by molar-refractivity contribution is 6.30. The number of alkyl carbamates (subject to hydrolysis) is 1. The van der Waals surface area contributed by atoms with E-state index in [0.717, 1.165) is 11.1 Å². The van der Waals surface area contributed by atoms with Crippen LogP contribution in [0.1, 0.15) is 51.2 Å². The van der Waals surface area contributed by atoms with Crippen molar-refractivity contribution in [1.29, 1.82) is 0 Å². The van der Waals surface area contributed by atoms with E-state index in [0.29, 0.717) is 16.3 Å². The van der Waals surface area contributed by atoms with Crippen molar-refractivity contribution in [2.24, 2.45) is 0 Å². The lowest BCUT2D eigenvalue weighted by Gasteiger charge is -2.34. The highest BCUT2D eigenvalue weighted by atomic mass is 35.5. The fraction of sp³-hybridized carbons (Fsp3) is 0.370. The van der Waals surface area contributed by atoms with Gasteiger partial charge in [0.2, 0.25) is 5.91 Å². The van der Waals surface area contributed by atoms with Crippen molar-refractivity contribution in [2.75, 3.05) is 13.1 Å². The number of hydrogen-bond acceptors (Lipinski definition) is 5. The molecular weight excluding hydrogens is 468 g/mol. The molecule has 2 amide bonds. The number of rotatable bonds is 7. The Labute approximate surface area is 211 Å². The average Bonchev–Trinajstić information content (AvgIpc) is 2.79. The third kappa shape index (κ3) is 7.33. The number of halogens is 1. The summed E-state index contributed by atoms with van der Waals surface area (Å²) in [5.74, 6) is -1.09. The van der Waals surface area contributed by atoms with Gasteiger partial charge in [-0.05, 0) is 51.0 Å². The van der Waals surface area contributed by atoms with E-state index in [2.05, 4.69) is 5.32 Å². The SMILES string of the molecule is CC1=C(C(=O)OCc2ccccc2)C(c2ccc(Cl)cc2)CC(=O)N1CCNC(=O)OC(C)(C)C. The molecule has 0 aliphatic carbocycles. The summed E-state index contributed by atoms with van der Waals surface area (Å²) in [5, 5.41) is 3.23. The molecule has 2 aromatic rings. The summed E-state index contributed by atoms with van der Waals surface area (Å²) in [6.07, 6.45) is -0.466. The second-order valence-corrected chi connectivity index (χ2v) is 9.78. The summed E-state index contributed by atoms with van der Waals surface area (Å²) in [4.78, 5) is 39.9. The van der Waals surface area contributed by atoms with E-state index in [1.54, 1.807) is 39.8 Å². The van der Waals surface area contributed by atoms with Gasteiger partial charge in [-0.2, -0.15) is 0 Å². The van der Waals surface area contributed by atoms with Gasteiger partial charge in [-0.3, -0.25) is 4.79 Å². The Bertz CT molecular complexity index is 1090. The molecule has 7 nitrogen and oxygen atoms in total. The number of ether oxygens (including phenoxy) is 2. The first-order valence-electron chi connectivity index (χ1n) is 11.5. The van der Waals surface area contributed by atoms with Gasteiger partial charge in [-0.25, -0.2) is 9.59 Å². The maximum Gasteiger partial charge on any atom is 0.407 e. The second kappa shape index (κ2) is 11.4. The monoisotopic (exact) mass is 498 g/mol. The first kappa shape index (κ1) is 26.3.